The zero-order chi connectivity index (χ0) is 29.6. The minimum absolute atomic E-state index is 0.211. The molecule has 0 radical (unpaired) electrons. The number of ether oxygens (including phenoxy) is 3. The van der Waals surface area contributed by atoms with Gasteiger partial charge >= 0.3 is 5.97 Å². The average Bonchev–Trinajstić information content (AvgIpc) is 3.85. The highest BCUT2D eigenvalue weighted by molar-refractivity contribution is 7.14. The molecule has 3 aromatic heterocycles. The van der Waals surface area contributed by atoms with Crippen molar-refractivity contribution in [3.05, 3.63) is 101 Å². The van der Waals surface area contributed by atoms with Gasteiger partial charge in [-0.15, -0.1) is 11.3 Å². The number of thiazole rings is 1. The van der Waals surface area contributed by atoms with Crippen molar-refractivity contribution in [3.63, 3.8) is 0 Å². The molecule has 10 heteroatoms. The lowest BCUT2D eigenvalue weighted by atomic mass is 10.0. The van der Waals surface area contributed by atoms with E-state index in [0.717, 1.165) is 39.1 Å². The number of aromatic nitrogens is 2. The van der Waals surface area contributed by atoms with Crippen LogP contribution in [0.25, 0.3) is 45.0 Å². The summed E-state index contributed by atoms with van der Waals surface area (Å²) in [5, 5.41) is 6.58. The minimum Gasteiger partial charge on any atom is -0.454 e. The molecule has 2 aliphatic rings. The Morgan fingerprint density at radius 3 is 2.75 bits per heavy atom. The van der Waals surface area contributed by atoms with E-state index >= 15 is 0 Å². The van der Waals surface area contributed by atoms with E-state index in [9.17, 15) is 9.59 Å². The second-order valence-electron chi connectivity index (χ2n) is 10.4. The minimum atomic E-state index is -0.568. The van der Waals surface area contributed by atoms with Gasteiger partial charge in [-0.2, -0.15) is 0 Å². The smallest absolute Gasteiger partial charge is 0.339 e. The third-order valence-electron chi connectivity index (χ3n) is 7.65. The number of nitrogens with zero attached hydrogens (tertiary/aromatic N) is 2. The van der Waals surface area contributed by atoms with Crippen LogP contribution in [-0.2, 0) is 16.0 Å². The van der Waals surface area contributed by atoms with Gasteiger partial charge in [-0.05, 0) is 65.9 Å². The number of hydrogen-bond donors (Lipinski definition) is 1. The Labute approximate surface area is 254 Å². The van der Waals surface area contributed by atoms with Crippen molar-refractivity contribution >= 4 is 61.9 Å². The summed E-state index contributed by atoms with van der Waals surface area (Å²) in [5.41, 5.74) is 6.05. The second kappa shape index (κ2) is 10.7. The topological polar surface area (TPSA) is 113 Å². The van der Waals surface area contributed by atoms with Crippen molar-refractivity contribution in [1.82, 2.24) is 9.97 Å². The van der Waals surface area contributed by atoms with Crippen molar-refractivity contribution in [2.75, 3.05) is 18.7 Å². The second-order valence-corrected chi connectivity index (χ2v) is 11.3. The van der Waals surface area contributed by atoms with Gasteiger partial charge in [0.1, 0.15) is 11.3 Å². The first-order valence-corrected chi connectivity index (χ1v) is 14.9. The number of pyridine rings is 1. The van der Waals surface area contributed by atoms with E-state index in [1.165, 1.54) is 11.3 Å². The fraction of sp³-hybridized carbons (Fsp3) is 0.118. The van der Waals surface area contributed by atoms with Gasteiger partial charge in [0, 0.05) is 16.2 Å². The molecular weight excluding hydrogens is 578 g/mol. The molecule has 1 aliphatic heterocycles. The summed E-state index contributed by atoms with van der Waals surface area (Å²) in [6.45, 7) is -0.244. The molecule has 9 nitrogen and oxygen atoms in total. The van der Waals surface area contributed by atoms with E-state index in [1.54, 1.807) is 5.38 Å². The highest BCUT2D eigenvalue weighted by Crippen LogP contribution is 2.39. The molecule has 216 valence electrons. The number of benzene rings is 3. The van der Waals surface area contributed by atoms with Gasteiger partial charge < -0.3 is 18.6 Å². The van der Waals surface area contributed by atoms with Crippen molar-refractivity contribution < 1.29 is 28.2 Å². The maximum atomic E-state index is 13.5. The summed E-state index contributed by atoms with van der Waals surface area (Å²) >= 11 is 1.27. The Morgan fingerprint density at radius 1 is 0.955 bits per heavy atom. The van der Waals surface area contributed by atoms with E-state index in [-0.39, 0.29) is 6.79 Å². The van der Waals surface area contributed by atoms with Crippen LogP contribution in [0.1, 0.15) is 33.6 Å². The van der Waals surface area contributed by atoms with Gasteiger partial charge in [-0.25, -0.2) is 14.8 Å². The summed E-state index contributed by atoms with van der Waals surface area (Å²) in [6, 6.07) is 22.9. The summed E-state index contributed by atoms with van der Waals surface area (Å²) in [6.07, 6.45) is 3.40. The third kappa shape index (κ3) is 4.75. The molecule has 1 amide bonds. The molecule has 6 aromatic rings. The summed E-state index contributed by atoms with van der Waals surface area (Å²) in [4.78, 5) is 35.7. The molecule has 0 fully saturated rings. The Bertz CT molecular complexity index is 2110. The zero-order valence-electron chi connectivity index (χ0n) is 23.2. The normalized spacial score (nSPS) is 14.3. The number of hydrogen-bond acceptors (Lipinski definition) is 9. The molecule has 0 bridgehead atoms. The van der Waals surface area contributed by atoms with E-state index in [0.29, 0.717) is 51.6 Å². The molecule has 44 heavy (non-hydrogen) atoms. The first-order chi connectivity index (χ1) is 21.6. The third-order valence-corrected chi connectivity index (χ3v) is 8.40. The summed E-state index contributed by atoms with van der Waals surface area (Å²) < 4.78 is 22.4. The largest absolute Gasteiger partial charge is 0.454 e. The lowest BCUT2D eigenvalue weighted by Crippen LogP contribution is -2.21. The molecule has 0 saturated heterocycles. The Morgan fingerprint density at radius 2 is 1.82 bits per heavy atom. The number of anilines is 1. The number of esters is 1. The van der Waals surface area contributed by atoms with Crippen LogP contribution in [0, 0.1) is 0 Å². The van der Waals surface area contributed by atoms with Crippen LogP contribution in [0.2, 0.25) is 0 Å². The van der Waals surface area contributed by atoms with Crippen LogP contribution in [0.4, 0.5) is 5.13 Å². The Hall–Kier alpha value is -5.48. The first-order valence-electron chi connectivity index (χ1n) is 14.0. The number of rotatable bonds is 6. The molecular formula is C34H23N3O6S. The monoisotopic (exact) mass is 601 g/mol. The number of amides is 1. The fourth-order valence-electron chi connectivity index (χ4n) is 5.63. The maximum absolute atomic E-state index is 13.5. The van der Waals surface area contributed by atoms with Crippen LogP contribution in [0.15, 0.2) is 82.6 Å². The lowest BCUT2D eigenvalue weighted by Gasteiger charge is -2.12. The predicted molar refractivity (Wildman–Crippen MR) is 167 cm³/mol. The Kier molecular flexibility index (Phi) is 6.34. The van der Waals surface area contributed by atoms with Crippen LogP contribution < -0.4 is 14.8 Å². The van der Waals surface area contributed by atoms with E-state index in [1.807, 2.05) is 72.8 Å². The number of nitrogens with one attached hydrogen (secondary N) is 1. The highest BCUT2D eigenvalue weighted by atomic mass is 32.1. The molecule has 0 saturated carbocycles. The fourth-order valence-corrected chi connectivity index (χ4v) is 6.34. The van der Waals surface area contributed by atoms with Gasteiger partial charge in [-0.3, -0.25) is 10.1 Å². The average molecular weight is 602 g/mol. The summed E-state index contributed by atoms with van der Waals surface area (Å²) in [5.74, 6) is 0.983. The van der Waals surface area contributed by atoms with Gasteiger partial charge in [0.25, 0.3) is 5.91 Å². The summed E-state index contributed by atoms with van der Waals surface area (Å²) in [7, 11) is 0. The number of allylic oxidation sites excluding steroid dienone is 1. The number of fused-ring (bicyclic) bond motifs is 4. The van der Waals surface area contributed by atoms with Crippen LogP contribution >= 0.6 is 11.3 Å². The number of para-hydroxylation sites is 2. The SMILES string of the molecule is O=C(COC(=O)c1c2c(nc3ccccc13)/C(=C\c1ccc3c(c1)OCO3)CC2)Nc1nc(-c2cc3ccccc3o2)cs1. The van der Waals surface area contributed by atoms with E-state index < -0.39 is 18.5 Å². The molecule has 4 heterocycles. The van der Waals surface area contributed by atoms with Crippen LogP contribution in [0.3, 0.4) is 0 Å². The predicted octanol–water partition coefficient (Wildman–Crippen LogP) is 7.12. The quantitative estimate of drug-likeness (QED) is 0.201. The van der Waals surface area contributed by atoms with Crippen LogP contribution in [-0.4, -0.2) is 35.2 Å². The van der Waals surface area contributed by atoms with Crippen molar-refractivity contribution in [2.24, 2.45) is 0 Å². The molecule has 1 aliphatic carbocycles. The van der Waals surface area contributed by atoms with Crippen molar-refractivity contribution in [2.45, 2.75) is 12.8 Å². The number of carbonyl (C=O) groups excluding carboxylic acids is 2. The zero-order valence-corrected chi connectivity index (χ0v) is 24.0. The highest BCUT2D eigenvalue weighted by Gasteiger charge is 2.28. The number of carbonyl (C=O) groups is 2. The van der Waals surface area contributed by atoms with Gasteiger partial charge in [0.2, 0.25) is 6.79 Å². The molecule has 0 spiro atoms. The van der Waals surface area contributed by atoms with Crippen molar-refractivity contribution in [1.29, 1.82) is 0 Å². The molecule has 1 N–H and O–H groups in total. The molecule has 3 aromatic carbocycles. The van der Waals surface area contributed by atoms with Gasteiger partial charge in [0.05, 0.1) is 16.8 Å². The molecule has 8 rings (SSSR count). The van der Waals surface area contributed by atoms with Gasteiger partial charge in [-0.1, -0.05) is 42.5 Å². The van der Waals surface area contributed by atoms with E-state index in [2.05, 4.69) is 16.4 Å². The number of furan rings is 1. The maximum Gasteiger partial charge on any atom is 0.339 e. The Balaban J connectivity index is 1.01. The van der Waals surface area contributed by atoms with Gasteiger partial charge in [0.15, 0.2) is 29.0 Å². The van der Waals surface area contributed by atoms with Crippen molar-refractivity contribution in [3.8, 4) is 23.0 Å². The van der Waals surface area contributed by atoms with E-state index in [4.69, 9.17) is 23.6 Å². The lowest BCUT2D eigenvalue weighted by molar-refractivity contribution is -0.119. The standard InChI is InChI=1S/C34H23N3O6S/c38-30(37-34-36-25(17-44-34)28-15-20-5-1-4-8-26(20)43-28)16-40-33(39)31-22-6-2-3-7-24(22)35-32-21(10-11-23(31)32)13-19-9-12-27-29(14-19)42-18-41-27/h1-9,12-15,17H,10-11,16,18H2,(H,36,37,38)/b21-13-. The first kappa shape index (κ1) is 26.2. The van der Waals surface area contributed by atoms with Crippen LogP contribution in [0.5, 0.6) is 11.5 Å². The molecule has 0 atom stereocenters. The molecule has 0 unspecified atom stereocenters.